The average Bonchev–Trinajstić information content (AvgIpc) is 3.11. The largest absolute Gasteiger partial charge is 0.465 e. The second-order valence-corrected chi connectivity index (χ2v) is 8.01. The zero-order valence-corrected chi connectivity index (χ0v) is 15.5. The first-order valence-electron chi connectivity index (χ1n) is 8.79. The molecule has 1 aromatic heterocycles. The van der Waals surface area contributed by atoms with Gasteiger partial charge >= 0.3 is 5.97 Å². The van der Waals surface area contributed by atoms with Crippen molar-refractivity contribution in [3.05, 3.63) is 16.0 Å². The molecule has 0 saturated carbocycles. The van der Waals surface area contributed by atoms with E-state index in [-0.39, 0.29) is 11.9 Å². The summed E-state index contributed by atoms with van der Waals surface area (Å²) in [7, 11) is 1.39. The van der Waals surface area contributed by atoms with Gasteiger partial charge in [-0.3, -0.25) is 9.69 Å². The van der Waals surface area contributed by atoms with E-state index in [1.165, 1.54) is 29.7 Å². The lowest BCUT2D eigenvalue weighted by molar-refractivity contribution is -0.118. The van der Waals surface area contributed by atoms with E-state index in [4.69, 9.17) is 4.74 Å². The maximum Gasteiger partial charge on any atom is 0.341 e. The number of piperidine rings is 1. The molecule has 0 aromatic carbocycles. The maximum absolute atomic E-state index is 12.6. The Hall–Kier alpha value is -1.40. The number of ether oxygens (including phenoxy) is 1. The number of nitrogens with one attached hydrogen (secondary N) is 1. The summed E-state index contributed by atoms with van der Waals surface area (Å²) in [6.45, 7) is 4.75. The van der Waals surface area contributed by atoms with Crippen molar-refractivity contribution in [1.82, 2.24) is 4.90 Å². The molecule has 2 atom stereocenters. The van der Waals surface area contributed by atoms with E-state index in [2.05, 4.69) is 24.1 Å². The topological polar surface area (TPSA) is 58.6 Å². The number of nitrogens with zero attached hydrogens (tertiary/aromatic N) is 1. The SMILES string of the molecule is COC(=O)c1c(NC(=O)CN2C(C)CCCC2C)sc2c1CCC2. The first-order valence-corrected chi connectivity index (χ1v) is 9.61. The third-order valence-corrected chi connectivity index (χ3v) is 6.47. The van der Waals surface area contributed by atoms with Gasteiger partial charge in [-0.1, -0.05) is 6.42 Å². The number of methoxy groups -OCH3 is 1. The molecule has 1 saturated heterocycles. The minimum absolute atomic E-state index is 0.0410. The number of rotatable bonds is 4. The normalized spacial score (nSPS) is 23.8. The first kappa shape index (κ1) is 17.4. The number of fused-ring (bicyclic) bond motifs is 1. The molecule has 1 N–H and O–H groups in total. The van der Waals surface area contributed by atoms with Crippen molar-refractivity contribution in [2.24, 2.45) is 0 Å². The van der Waals surface area contributed by atoms with Gasteiger partial charge in [0.15, 0.2) is 0 Å². The van der Waals surface area contributed by atoms with Crippen LogP contribution in [0.4, 0.5) is 5.00 Å². The zero-order chi connectivity index (χ0) is 17.3. The first-order chi connectivity index (χ1) is 11.5. The third kappa shape index (κ3) is 3.35. The number of anilines is 1. The molecule has 1 aliphatic carbocycles. The molecule has 2 heterocycles. The van der Waals surface area contributed by atoms with Crippen LogP contribution in [0, 0.1) is 0 Å². The molecule has 0 bridgehead atoms. The molecule has 1 fully saturated rings. The second-order valence-electron chi connectivity index (χ2n) is 6.90. The molecule has 5 nitrogen and oxygen atoms in total. The molecule has 3 rings (SSSR count). The number of hydrogen-bond donors (Lipinski definition) is 1. The van der Waals surface area contributed by atoms with Crippen molar-refractivity contribution in [3.63, 3.8) is 0 Å². The molecule has 6 heteroatoms. The number of thiophene rings is 1. The molecule has 1 amide bonds. The minimum atomic E-state index is -0.343. The molecular weight excluding hydrogens is 324 g/mol. The van der Waals surface area contributed by atoms with Crippen LogP contribution in [-0.2, 0) is 22.4 Å². The van der Waals surface area contributed by atoms with Crippen LogP contribution in [0.1, 0.15) is 60.3 Å². The summed E-state index contributed by atoms with van der Waals surface area (Å²) in [6, 6.07) is 0.848. The van der Waals surface area contributed by atoms with Crippen LogP contribution in [0.5, 0.6) is 0 Å². The van der Waals surface area contributed by atoms with Crippen molar-refractivity contribution in [2.75, 3.05) is 19.0 Å². The second kappa shape index (κ2) is 7.23. The van der Waals surface area contributed by atoms with Crippen molar-refractivity contribution >= 4 is 28.2 Å². The third-order valence-electron chi connectivity index (χ3n) is 5.27. The summed E-state index contributed by atoms with van der Waals surface area (Å²) >= 11 is 1.53. The fraction of sp³-hybridized carbons (Fsp3) is 0.667. The molecule has 1 aliphatic heterocycles. The van der Waals surface area contributed by atoms with Crippen LogP contribution >= 0.6 is 11.3 Å². The standard InChI is InChI=1S/C18H26N2O3S/c1-11-6-4-7-12(2)20(11)10-15(21)19-17-16(18(22)23-3)13-8-5-9-14(13)24-17/h11-12H,4-10H2,1-3H3,(H,19,21). The zero-order valence-electron chi connectivity index (χ0n) is 14.7. The smallest absolute Gasteiger partial charge is 0.341 e. The number of esters is 1. The summed E-state index contributed by atoms with van der Waals surface area (Å²) < 4.78 is 4.93. The Balaban J connectivity index is 1.74. The predicted molar refractivity (Wildman–Crippen MR) is 95.8 cm³/mol. The number of carbonyl (C=O) groups excluding carboxylic acids is 2. The van der Waals surface area contributed by atoms with Gasteiger partial charge in [0, 0.05) is 17.0 Å². The summed E-state index contributed by atoms with van der Waals surface area (Å²) in [5, 5.41) is 3.64. The Morgan fingerprint density at radius 3 is 2.58 bits per heavy atom. The molecule has 2 unspecified atom stereocenters. The fourth-order valence-electron chi connectivity index (χ4n) is 3.93. The van der Waals surface area contributed by atoms with Crippen LogP contribution in [0.15, 0.2) is 0 Å². The van der Waals surface area contributed by atoms with E-state index in [9.17, 15) is 9.59 Å². The summed E-state index contributed by atoms with van der Waals surface area (Å²) in [6.07, 6.45) is 6.45. The summed E-state index contributed by atoms with van der Waals surface area (Å²) in [5.41, 5.74) is 1.64. The van der Waals surface area contributed by atoms with Gasteiger partial charge in [-0.15, -0.1) is 11.3 Å². The van der Waals surface area contributed by atoms with Gasteiger partial charge in [0.25, 0.3) is 0 Å². The number of amides is 1. The highest BCUT2D eigenvalue weighted by molar-refractivity contribution is 7.17. The molecular formula is C18H26N2O3S. The molecule has 0 spiro atoms. The number of aryl methyl sites for hydroxylation is 1. The van der Waals surface area contributed by atoms with Crippen LogP contribution in [0.25, 0.3) is 0 Å². The van der Waals surface area contributed by atoms with E-state index in [1.54, 1.807) is 0 Å². The van der Waals surface area contributed by atoms with E-state index in [0.717, 1.165) is 37.7 Å². The van der Waals surface area contributed by atoms with Gasteiger partial charge in [0.1, 0.15) is 5.00 Å². The molecule has 2 aliphatic rings. The van der Waals surface area contributed by atoms with Crippen molar-refractivity contribution < 1.29 is 14.3 Å². The highest BCUT2D eigenvalue weighted by Gasteiger charge is 2.30. The lowest BCUT2D eigenvalue weighted by atomic mass is 9.97. The van der Waals surface area contributed by atoms with Crippen molar-refractivity contribution in [3.8, 4) is 0 Å². The lowest BCUT2D eigenvalue weighted by Gasteiger charge is -2.38. The van der Waals surface area contributed by atoms with E-state index >= 15 is 0 Å². The quantitative estimate of drug-likeness (QED) is 0.847. The highest BCUT2D eigenvalue weighted by Crippen LogP contribution is 2.39. The minimum Gasteiger partial charge on any atom is -0.465 e. The van der Waals surface area contributed by atoms with Crippen LogP contribution < -0.4 is 5.32 Å². The van der Waals surface area contributed by atoms with Gasteiger partial charge < -0.3 is 10.1 Å². The Morgan fingerprint density at radius 2 is 1.92 bits per heavy atom. The van der Waals surface area contributed by atoms with E-state index in [0.29, 0.717) is 29.2 Å². The predicted octanol–water partition coefficient (Wildman–Crippen LogP) is 3.22. The Kier molecular flexibility index (Phi) is 5.25. The van der Waals surface area contributed by atoms with Gasteiger partial charge in [0.05, 0.1) is 19.2 Å². The number of likely N-dealkylation sites (tertiary alicyclic amines) is 1. The van der Waals surface area contributed by atoms with Crippen LogP contribution in [0.2, 0.25) is 0 Å². The van der Waals surface area contributed by atoms with E-state index < -0.39 is 0 Å². The summed E-state index contributed by atoms with van der Waals surface area (Å²) in [5.74, 6) is -0.384. The van der Waals surface area contributed by atoms with Crippen LogP contribution in [0.3, 0.4) is 0 Å². The van der Waals surface area contributed by atoms with Crippen molar-refractivity contribution in [2.45, 2.75) is 64.5 Å². The Labute approximate surface area is 147 Å². The van der Waals surface area contributed by atoms with Crippen LogP contribution in [-0.4, -0.2) is 42.5 Å². The monoisotopic (exact) mass is 350 g/mol. The molecule has 0 radical (unpaired) electrons. The molecule has 132 valence electrons. The molecule has 24 heavy (non-hydrogen) atoms. The lowest BCUT2D eigenvalue weighted by Crippen LogP contribution is -2.47. The van der Waals surface area contributed by atoms with Crippen molar-refractivity contribution in [1.29, 1.82) is 0 Å². The Bertz CT molecular complexity index is 630. The number of hydrogen-bond acceptors (Lipinski definition) is 5. The maximum atomic E-state index is 12.6. The number of carbonyl (C=O) groups is 2. The highest BCUT2D eigenvalue weighted by atomic mass is 32.1. The van der Waals surface area contributed by atoms with Gasteiger partial charge in [-0.25, -0.2) is 4.79 Å². The van der Waals surface area contributed by atoms with E-state index in [1.807, 2.05) is 0 Å². The average molecular weight is 350 g/mol. The Morgan fingerprint density at radius 1 is 1.21 bits per heavy atom. The van der Waals surface area contributed by atoms with Gasteiger partial charge in [-0.2, -0.15) is 0 Å². The molecule has 1 aromatic rings. The van der Waals surface area contributed by atoms with Gasteiger partial charge in [0.2, 0.25) is 5.91 Å². The van der Waals surface area contributed by atoms with Gasteiger partial charge in [-0.05, 0) is 51.5 Å². The fourth-order valence-corrected chi connectivity index (χ4v) is 5.22. The summed E-state index contributed by atoms with van der Waals surface area (Å²) in [4.78, 5) is 28.2.